The van der Waals surface area contributed by atoms with Gasteiger partial charge in [0.25, 0.3) is 5.89 Å². The summed E-state index contributed by atoms with van der Waals surface area (Å²) in [4.78, 5) is 19.1. The van der Waals surface area contributed by atoms with Crippen molar-refractivity contribution in [2.45, 2.75) is 26.8 Å². The van der Waals surface area contributed by atoms with E-state index in [1.54, 1.807) is 11.0 Å². The highest BCUT2D eigenvalue weighted by Crippen LogP contribution is 2.37. The number of benzene rings is 2. The Morgan fingerprint density at radius 3 is 2.69 bits per heavy atom. The molecule has 1 aliphatic heterocycles. The number of hydrogen-bond donors (Lipinski definition) is 1. The lowest BCUT2D eigenvalue weighted by Crippen LogP contribution is -2.46. The van der Waals surface area contributed by atoms with E-state index in [4.69, 9.17) is 9.26 Å². The lowest BCUT2D eigenvalue weighted by molar-refractivity contribution is 0.209. The molecule has 2 amide bonds. The van der Waals surface area contributed by atoms with Crippen LogP contribution in [0.3, 0.4) is 0 Å². The fourth-order valence-corrected chi connectivity index (χ4v) is 3.81. The fourth-order valence-electron chi connectivity index (χ4n) is 3.81. The van der Waals surface area contributed by atoms with Crippen LogP contribution in [0.25, 0.3) is 17.0 Å². The maximum atomic E-state index is 12.8. The van der Waals surface area contributed by atoms with Crippen LogP contribution in [0.4, 0.5) is 4.79 Å². The van der Waals surface area contributed by atoms with Gasteiger partial charge in [-0.3, -0.25) is 4.90 Å². The van der Waals surface area contributed by atoms with Crippen molar-refractivity contribution in [3.8, 4) is 17.1 Å². The van der Waals surface area contributed by atoms with Gasteiger partial charge in [0.1, 0.15) is 5.75 Å². The van der Waals surface area contributed by atoms with Gasteiger partial charge in [-0.25, -0.2) is 4.79 Å². The zero-order valence-corrected chi connectivity index (χ0v) is 18.5. The highest BCUT2D eigenvalue weighted by Gasteiger charge is 2.35. The van der Waals surface area contributed by atoms with Crippen molar-refractivity contribution in [2.75, 3.05) is 13.2 Å². The molecule has 0 bridgehead atoms. The Morgan fingerprint density at radius 2 is 2.00 bits per heavy atom. The molecule has 0 saturated heterocycles. The third-order valence-electron chi connectivity index (χ3n) is 5.37. The Bertz CT molecular complexity index is 1160. The van der Waals surface area contributed by atoms with Gasteiger partial charge < -0.3 is 14.6 Å². The van der Waals surface area contributed by atoms with Gasteiger partial charge in [0, 0.05) is 17.8 Å². The molecular weight excluding hydrogens is 404 g/mol. The quantitative estimate of drug-likeness (QED) is 0.526. The summed E-state index contributed by atoms with van der Waals surface area (Å²) in [6.07, 6.45) is 1.68. The molecule has 0 radical (unpaired) electrons. The first-order valence-electron chi connectivity index (χ1n) is 10.6. The van der Waals surface area contributed by atoms with E-state index in [1.807, 2.05) is 69.3 Å². The number of carbonyl (C=O) groups excluding carboxylic acids is 1. The molecule has 4 rings (SSSR count). The van der Waals surface area contributed by atoms with Crippen LogP contribution in [0.15, 0.2) is 71.4 Å². The second kappa shape index (κ2) is 9.09. The largest absolute Gasteiger partial charge is 0.494 e. The van der Waals surface area contributed by atoms with Gasteiger partial charge in [-0.1, -0.05) is 47.1 Å². The SMILES string of the molecule is C=CCN1C(=O)NC(c2ccc(OCC)cc2)C(c2nc(-c3cccc(C)c3)no2)=C1C. The molecule has 2 aromatic carbocycles. The number of rotatable bonds is 7. The molecule has 1 atom stereocenters. The van der Waals surface area contributed by atoms with Crippen molar-refractivity contribution in [3.63, 3.8) is 0 Å². The molecule has 32 heavy (non-hydrogen) atoms. The number of amides is 2. The Hall–Kier alpha value is -3.87. The molecule has 2 heterocycles. The number of allylic oxidation sites excluding steroid dienone is 1. The van der Waals surface area contributed by atoms with Gasteiger partial charge in [0.2, 0.25) is 5.82 Å². The minimum absolute atomic E-state index is 0.205. The summed E-state index contributed by atoms with van der Waals surface area (Å²) in [6, 6.07) is 14.9. The Balaban J connectivity index is 1.78. The summed E-state index contributed by atoms with van der Waals surface area (Å²) in [5, 5.41) is 7.27. The lowest BCUT2D eigenvalue weighted by atomic mass is 9.94. The summed E-state index contributed by atoms with van der Waals surface area (Å²) in [5.74, 6) is 1.64. The van der Waals surface area contributed by atoms with E-state index in [0.717, 1.165) is 33.7 Å². The van der Waals surface area contributed by atoms with Crippen LogP contribution in [-0.4, -0.2) is 34.2 Å². The summed E-state index contributed by atoms with van der Waals surface area (Å²) >= 11 is 0. The fraction of sp³-hybridized carbons (Fsp3) is 0.240. The van der Waals surface area contributed by atoms with E-state index in [1.165, 1.54) is 0 Å². The topological polar surface area (TPSA) is 80.5 Å². The first kappa shape index (κ1) is 21.4. The first-order valence-corrected chi connectivity index (χ1v) is 10.6. The van der Waals surface area contributed by atoms with E-state index < -0.39 is 6.04 Å². The molecule has 0 spiro atoms. The van der Waals surface area contributed by atoms with Crippen LogP contribution in [0.5, 0.6) is 5.75 Å². The molecule has 1 aromatic heterocycles. The third kappa shape index (κ3) is 4.14. The highest BCUT2D eigenvalue weighted by molar-refractivity contribution is 5.87. The van der Waals surface area contributed by atoms with Crippen LogP contribution >= 0.6 is 0 Å². The molecule has 7 heteroatoms. The van der Waals surface area contributed by atoms with Crippen LogP contribution in [0, 0.1) is 6.92 Å². The third-order valence-corrected chi connectivity index (χ3v) is 5.37. The van der Waals surface area contributed by atoms with Crippen LogP contribution in [-0.2, 0) is 0 Å². The number of ether oxygens (including phenoxy) is 1. The molecular formula is C25H26N4O3. The first-order chi connectivity index (χ1) is 15.5. The van der Waals surface area contributed by atoms with Gasteiger partial charge in [-0.15, -0.1) is 6.58 Å². The minimum Gasteiger partial charge on any atom is -0.494 e. The normalized spacial score (nSPS) is 16.2. The average Bonchev–Trinajstić information content (AvgIpc) is 3.27. The van der Waals surface area contributed by atoms with Crippen LogP contribution in [0.1, 0.15) is 36.9 Å². The van der Waals surface area contributed by atoms with E-state index in [0.29, 0.717) is 24.9 Å². The Morgan fingerprint density at radius 1 is 1.22 bits per heavy atom. The van der Waals surface area contributed by atoms with E-state index in [9.17, 15) is 4.79 Å². The summed E-state index contributed by atoms with van der Waals surface area (Å²) < 4.78 is 11.3. The zero-order valence-electron chi connectivity index (χ0n) is 18.5. The predicted molar refractivity (Wildman–Crippen MR) is 123 cm³/mol. The lowest BCUT2D eigenvalue weighted by Gasteiger charge is -2.34. The maximum absolute atomic E-state index is 12.8. The zero-order chi connectivity index (χ0) is 22.7. The molecule has 7 nitrogen and oxygen atoms in total. The smallest absolute Gasteiger partial charge is 0.322 e. The van der Waals surface area contributed by atoms with Crippen molar-refractivity contribution < 1.29 is 14.1 Å². The molecule has 0 aliphatic carbocycles. The molecule has 1 unspecified atom stereocenters. The van der Waals surface area contributed by atoms with Gasteiger partial charge in [-0.05, 0) is 44.5 Å². The van der Waals surface area contributed by atoms with Gasteiger partial charge in [-0.2, -0.15) is 4.98 Å². The van der Waals surface area contributed by atoms with Crippen molar-refractivity contribution in [2.24, 2.45) is 0 Å². The standard InChI is InChI=1S/C25H26N4O3/c1-5-14-29-17(4)21(24-27-23(28-32-24)19-9-7-8-16(3)15-19)22(26-25(29)30)18-10-12-20(13-11-18)31-6-2/h5,7-13,15,22H,1,6,14H2,2-4H3,(H,26,30). The number of aryl methyl sites for hydroxylation is 1. The monoisotopic (exact) mass is 430 g/mol. The van der Waals surface area contributed by atoms with Gasteiger partial charge >= 0.3 is 6.03 Å². The highest BCUT2D eigenvalue weighted by atomic mass is 16.5. The molecule has 3 aromatic rings. The summed E-state index contributed by atoms with van der Waals surface area (Å²) in [5.41, 5.74) is 4.37. The van der Waals surface area contributed by atoms with Crippen LogP contribution in [0.2, 0.25) is 0 Å². The number of nitrogens with one attached hydrogen (secondary N) is 1. The maximum Gasteiger partial charge on any atom is 0.322 e. The van der Waals surface area contributed by atoms with Crippen molar-refractivity contribution >= 4 is 11.6 Å². The van der Waals surface area contributed by atoms with E-state index in [-0.39, 0.29) is 6.03 Å². The van der Waals surface area contributed by atoms with Crippen molar-refractivity contribution in [1.82, 2.24) is 20.4 Å². The molecule has 1 N–H and O–H groups in total. The summed E-state index contributed by atoms with van der Waals surface area (Å²) in [7, 11) is 0. The molecule has 0 saturated carbocycles. The predicted octanol–water partition coefficient (Wildman–Crippen LogP) is 5.13. The molecule has 0 fully saturated rings. The van der Waals surface area contributed by atoms with Gasteiger partial charge in [0.15, 0.2) is 0 Å². The van der Waals surface area contributed by atoms with E-state index in [2.05, 4.69) is 22.0 Å². The van der Waals surface area contributed by atoms with E-state index >= 15 is 0 Å². The Labute approximate surface area is 187 Å². The number of aromatic nitrogens is 2. The van der Waals surface area contributed by atoms with Gasteiger partial charge in [0.05, 0.1) is 18.2 Å². The minimum atomic E-state index is -0.440. The molecule has 1 aliphatic rings. The number of hydrogen-bond acceptors (Lipinski definition) is 5. The Kier molecular flexibility index (Phi) is 6.07. The second-order valence-electron chi connectivity index (χ2n) is 7.58. The molecule has 164 valence electrons. The number of carbonyl (C=O) groups is 1. The summed E-state index contributed by atoms with van der Waals surface area (Å²) in [6.45, 7) is 10.6. The average molecular weight is 431 g/mol. The van der Waals surface area contributed by atoms with Crippen LogP contribution < -0.4 is 10.1 Å². The number of urea groups is 1. The van der Waals surface area contributed by atoms with Crippen molar-refractivity contribution in [1.29, 1.82) is 0 Å². The second-order valence-corrected chi connectivity index (χ2v) is 7.58. The number of nitrogens with zero attached hydrogens (tertiary/aromatic N) is 3. The van der Waals surface area contributed by atoms with Crippen molar-refractivity contribution in [3.05, 3.63) is 83.9 Å².